The monoisotopic (exact) mass is 359 g/mol. The van der Waals surface area contributed by atoms with Crippen molar-refractivity contribution in [3.8, 4) is 0 Å². The van der Waals surface area contributed by atoms with E-state index in [1.54, 1.807) is 6.20 Å². The lowest BCUT2D eigenvalue weighted by Crippen LogP contribution is -2.23. The Kier molecular flexibility index (Phi) is 4.73. The Morgan fingerprint density at radius 2 is 2.09 bits per heavy atom. The number of aromatic nitrogens is 1. The van der Waals surface area contributed by atoms with E-state index in [4.69, 9.17) is 0 Å². The average Bonchev–Trinajstić information content (AvgIpc) is 2.92. The lowest BCUT2D eigenvalue weighted by Gasteiger charge is -2.16. The van der Waals surface area contributed by atoms with Crippen molar-refractivity contribution in [2.45, 2.75) is 25.9 Å². The summed E-state index contributed by atoms with van der Waals surface area (Å²) in [7, 11) is 0. The van der Waals surface area contributed by atoms with Crippen molar-refractivity contribution in [3.63, 3.8) is 0 Å². The molecule has 1 amide bonds. The SMILES string of the molecule is O=C1CCCN1Cc1cccc(CNc2ccc(Br)cn2)c1. The summed E-state index contributed by atoms with van der Waals surface area (Å²) in [5, 5.41) is 3.31. The molecular formula is C17H18BrN3O. The first-order chi connectivity index (χ1) is 10.7. The zero-order valence-corrected chi connectivity index (χ0v) is 13.8. The normalized spacial score (nSPS) is 14.4. The van der Waals surface area contributed by atoms with Crippen LogP contribution in [0.15, 0.2) is 47.1 Å². The van der Waals surface area contributed by atoms with Gasteiger partial charge in [-0.25, -0.2) is 4.98 Å². The molecule has 22 heavy (non-hydrogen) atoms. The summed E-state index contributed by atoms with van der Waals surface area (Å²) in [5.74, 6) is 1.12. The number of nitrogens with zero attached hydrogens (tertiary/aromatic N) is 2. The molecule has 1 N–H and O–H groups in total. The number of rotatable bonds is 5. The van der Waals surface area contributed by atoms with E-state index in [1.165, 1.54) is 11.1 Å². The number of anilines is 1. The Balaban J connectivity index is 1.61. The predicted octanol–water partition coefficient (Wildman–Crippen LogP) is 3.58. The first-order valence-corrected chi connectivity index (χ1v) is 8.21. The van der Waals surface area contributed by atoms with Gasteiger partial charge >= 0.3 is 0 Å². The van der Waals surface area contributed by atoms with Crippen LogP contribution >= 0.6 is 15.9 Å². The number of nitrogens with one attached hydrogen (secondary N) is 1. The van der Waals surface area contributed by atoms with Crippen LogP contribution in [0.25, 0.3) is 0 Å². The zero-order valence-electron chi connectivity index (χ0n) is 12.3. The number of likely N-dealkylation sites (tertiary alicyclic amines) is 1. The van der Waals surface area contributed by atoms with E-state index < -0.39 is 0 Å². The van der Waals surface area contributed by atoms with Gasteiger partial charge in [-0.3, -0.25) is 4.79 Å². The maximum absolute atomic E-state index is 11.7. The molecule has 1 aromatic heterocycles. The number of carbonyl (C=O) groups is 1. The van der Waals surface area contributed by atoms with Crippen LogP contribution in [-0.4, -0.2) is 22.3 Å². The zero-order chi connectivity index (χ0) is 15.4. The van der Waals surface area contributed by atoms with Crippen molar-refractivity contribution >= 4 is 27.7 Å². The molecule has 2 aromatic rings. The van der Waals surface area contributed by atoms with E-state index >= 15 is 0 Å². The number of amides is 1. The van der Waals surface area contributed by atoms with Crippen molar-refractivity contribution in [2.75, 3.05) is 11.9 Å². The van der Waals surface area contributed by atoms with Crippen LogP contribution in [0.4, 0.5) is 5.82 Å². The highest BCUT2D eigenvalue weighted by Crippen LogP contribution is 2.16. The number of pyridine rings is 1. The fraction of sp³-hybridized carbons (Fsp3) is 0.294. The highest BCUT2D eigenvalue weighted by Gasteiger charge is 2.19. The second kappa shape index (κ2) is 6.92. The molecule has 1 fully saturated rings. The molecule has 4 nitrogen and oxygen atoms in total. The number of hydrogen-bond acceptors (Lipinski definition) is 3. The number of hydrogen-bond donors (Lipinski definition) is 1. The molecular weight excluding hydrogens is 342 g/mol. The third-order valence-electron chi connectivity index (χ3n) is 3.74. The first kappa shape index (κ1) is 15.0. The second-order valence-corrected chi connectivity index (χ2v) is 6.37. The Bertz CT molecular complexity index is 657. The summed E-state index contributed by atoms with van der Waals surface area (Å²) in [4.78, 5) is 17.9. The second-order valence-electron chi connectivity index (χ2n) is 5.45. The number of benzene rings is 1. The molecule has 1 aromatic carbocycles. The third-order valence-corrected chi connectivity index (χ3v) is 4.21. The molecule has 1 aliphatic rings. The molecule has 5 heteroatoms. The van der Waals surface area contributed by atoms with Crippen LogP contribution in [0.5, 0.6) is 0 Å². The van der Waals surface area contributed by atoms with E-state index in [2.05, 4.69) is 44.4 Å². The van der Waals surface area contributed by atoms with Gasteiger partial charge < -0.3 is 10.2 Å². The van der Waals surface area contributed by atoms with Crippen molar-refractivity contribution < 1.29 is 4.79 Å². The van der Waals surface area contributed by atoms with E-state index in [9.17, 15) is 4.79 Å². The Morgan fingerprint density at radius 1 is 1.23 bits per heavy atom. The molecule has 0 aliphatic carbocycles. The van der Waals surface area contributed by atoms with E-state index in [-0.39, 0.29) is 5.91 Å². The molecule has 2 heterocycles. The van der Waals surface area contributed by atoms with Gasteiger partial charge in [-0.05, 0) is 45.6 Å². The topological polar surface area (TPSA) is 45.2 Å². The minimum absolute atomic E-state index is 0.266. The summed E-state index contributed by atoms with van der Waals surface area (Å²) in [6, 6.07) is 12.3. The van der Waals surface area contributed by atoms with Gasteiger partial charge in [0, 0.05) is 36.7 Å². The molecule has 1 aliphatic heterocycles. The molecule has 114 valence electrons. The lowest BCUT2D eigenvalue weighted by atomic mass is 10.1. The molecule has 0 bridgehead atoms. The van der Waals surface area contributed by atoms with Crippen LogP contribution in [-0.2, 0) is 17.9 Å². The van der Waals surface area contributed by atoms with Gasteiger partial charge in [0.15, 0.2) is 0 Å². The van der Waals surface area contributed by atoms with Crippen LogP contribution in [0.2, 0.25) is 0 Å². The minimum atomic E-state index is 0.266. The average molecular weight is 360 g/mol. The molecule has 3 rings (SSSR count). The van der Waals surface area contributed by atoms with Crippen LogP contribution < -0.4 is 5.32 Å². The van der Waals surface area contributed by atoms with Crippen LogP contribution in [0, 0.1) is 0 Å². The largest absolute Gasteiger partial charge is 0.366 e. The maximum Gasteiger partial charge on any atom is 0.222 e. The summed E-state index contributed by atoms with van der Waals surface area (Å²) < 4.78 is 0.968. The number of carbonyl (C=O) groups excluding carboxylic acids is 1. The Labute approximate surface area is 138 Å². The fourth-order valence-corrected chi connectivity index (χ4v) is 2.84. The summed E-state index contributed by atoms with van der Waals surface area (Å²) in [6.07, 6.45) is 3.45. The smallest absolute Gasteiger partial charge is 0.222 e. The highest BCUT2D eigenvalue weighted by atomic mass is 79.9. The minimum Gasteiger partial charge on any atom is -0.366 e. The fourth-order valence-electron chi connectivity index (χ4n) is 2.60. The molecule has 1 saturated heterocycles. The first-order valence-electron chi connectivity index (χ1n) is 7.42. The van der Waals surface area contributed by atoms with E-state index in [0.29, 0.717) is 13.0 Å². The quantitative estimate of drug-likeness (QED) is 0.887. The van der Waals surface area contributed by atoms with Crippen molar-refractivity contribution in [1.29, 1.82) is 0 Å². The van der Waals surface area contributed by atoms with Gasteiger partial charge in [0.25, 0.3) is 0 Å². The highest BCUT2D eigenvalue weighted by molar-refractivity contribution is 9.10. The van der Waals surface area contributed by atoms with Gasteiger partial charge in [0.1, 0.15) is 5.82 Å². The standard InChI is InChI=1S/C17H18BrN3O/c18-15-6-7-16(20-11-15)19-10-13-3-1-4-14(9-13)12-21-8-2-5-17(21)22/h1,3-4,6-7,9,11H,2,5,8,10,12H2,(H,19,20). The predicted molar refractivity (Wildman–Crippen MR) is 90.4 cm³/mol. The van der Waals surface area contributed by atoms with Crippen molar-refractivity contribution in [2.24, 2.45) is 0 Å². The molecule has 0 atom stereocenters. The molecule has 0 spiro atoms. The van der Waals surface area contributed by atoms with Gasteiger partial charge in [-0.1, -0.05) is 24.3 Å². The van der Waals surface area contributed by atoms with Crippen molar-refractivity contribution in [1.82, 2.24) is 9.88 Å². The Morgan fingerprint density at radius 3 is 2.82 bits per heavy atom. The van der Waals surface area contributed by atoms with Crippen molar-refractivity contribution in [3.05, 3.63) is 58.2 Å². The van der Waals surface area contributed by atoms with Gasteiger partial charge in [0.2, 0.25) is 5.91 Å². The third kappa shape index (κ3) is 3.85. The molecule has 0 saturated carbocycles. The number of halogens is 1. The van der Waals surface area contributed by atoms with Gasteiger partial charge in [0.05, 0.1) is 0 Å². The van der Waals surface area contributed by atoms with Crippen LogP contribution in [0.1, 0.15) is 24.0 Å². The molecule has 0 radical (unpaired) electrons. The maximum atomic E-state index is 11.7. The Hall–Kier alpha value is -1.88. The van der Waals surface area contributed by atoms with Crippen LogP contribution in [0.3, 0.4) is 0 Å². The summed E-state index contributed by atoms with van der Waals surface area (Å²) in [6.45, 7) is 2.31. The molecule has 0 unspecified atom stereocenters. The van der Waals surface area contributed by atoms with E-state index in [1.807, 2.05) is 23.1 Å². The summed E-state index contributed by atoms with van der Waals surface area (Å²) in [5.41, 5.74) is 2.37. The van der Waals surface area contributed by atoms with Gasteiger partial charge in [-0.15, -0.1) is 0 Å². The lowest BCUT2D eigenvalue weighted by molar-refractivity contribution is -0.128. The van der Waals surface area contributed by atoms with E-state index in [0.717, 1.165) is 29.8 Å². The summed E-state index contributed by atoms with van der Waals surface area (Å²) >= 11 is 3.37. The van der Waals surface area contributed by atoms with Gasteiger partial charge in [-0.2, -0.15) is 0 Å².